The van der Waals surface area contributed by atoms with Crippen LogP contribution in [0, 0.1) is 0 Å². The summed E-state index contributed by atoms with van der Waals surface area (Å²) in [5.74, 6) is 0.692. The van der Waals surface area contributed by atoms with Crippen LogP contribution in [0.2, 0.25) is 0 Å². The van der Waals surface area contributed by atoms with E-state index in [9.17, 15) is 4.79 Å². The van der Waals surface area contributed by atoms with Crippen LogP contribution in [0.15, 0.2) is 24.3 Å². The number of carbonyl (C=O) groups excluding carboxylic acids is 1. The van der Waals surface area contributed by atoms with E-state index in [2.05, 4.69) is 12.2 Å². The molecule has 1 aromatic rings. The van der Waals surface area contributed by atoms with Gasteiger partial charge in [0.1, 0.15) is 5.75 Å². The Kier molecular flexibility index (Phi) is 2.39. The van der Waals surface area contributed by atoms with Gasteiger partial charge in [-0.15, -0.1) is 0 Å². The van der Waals surface area contributed by atoms with Gasteiger partial charge in [0.25, 0.3) is 5.91 Å². The number of amides is 1. The van der Waals surface area contributed by atoms with Gasteiger partial charge in [-0.1, -0.05) is 6.07 Å². The molecular weight excluding hydrogens is 190 g/mol. The molecule has 0 heterocycles. The fraction of sp³-hybridized carbons (Fsp3) is 0.417. The SMILES string of the molecule is COc1cccc(C(=O)NC2(C)CC2)c1. The van der Waals surface area contributed by atoms with Gasteiger partial charge in [0, 0.05) is 11.1 Å². The maximum atomic E-state index is 11.8. The molecule has 1 amide bonds. The minimum Gasteiger partial charge on any atom is -0.497 e. The van der Waals surface area contributed by atoms with Crippen molar-refractivity contribution in [3.05, 3.63) is 29.8 Å². The van der Waals surface area contributed by atoms with Crippen LogP contribution in [0.4, 0.5) is 0 Å². The molecule has 0 bridgehead atoms. The summed E-state index contributed by atoms with van der Waals surface area (Å²) in [6.07, 6.45) is 2.14. The molecule has 15 heavy (non-hydrogen) atoms. The average molecular weight is 205 g/mol. The lowest BCUT2D eigenvalue weighted by atomic mass is 10.2. The normalized spacial score (nSPS) is 16.9. The predicted molar refractivity (Wildman–Crippen MR) is 58.1 cm³/mol. The van der Waals surface area contributed by atoms with Crippen molar-refractivity contribution >= 4 is 5.91 Å². The van der Waals surface area contributed by atoms with E-state index in [4.69, 9.17) is 4.74 Å². The van der Waals surface area contributed by atoms with Gasteiger partial charge in [0.05, 0.1) is 7.11 Å². The van der Waals surface area contributed by atoms with Gasteiger partial charge in [-0.3, -0.25) is 4.79 Å². The summed E-state index contributed by atoms with van der Waals surface area (Å²) in [5, 5.41) is 3.00. The molecule has 1 saturated carbocycles. The quantitative estimate of drug-likeness (QED) is 0.819. The third-order valence-corrected chi connectivity index (χ3v) is 2.75. The number of hydrogen-bond acceptors (Lipinski definition) is 2. The van der Waals surface area contributed by atoms with Crippen molar-refractivity contribution < 1.29 is 9.53 Å². The Labute approximate surface area is 89.4 Å². The first-order valence-corrected chi connectivity index (χ1v) is 5.09. The fourth-order valence-electron chi connectivity index (χ4n) is 1.42. The highest BCUT2D eigenvalue weighted by Gasteiger charge is 2.38. The van der Waals surface area contributed by atoms with E-state index in [1.165, 1.54) is 0 Å². The second-order valence-corrected chi connectivity index (χ2v) is 4.25. The molecule has 1 aliphatic rings. The Morgan fingerprint density at radius 1 is 1.47 bits per heavy atom. The van der Waals surface area contributed by atoms with Crippen LogP contribution in [0.1, 0.15) is 30.1 Å². The molecule has 80 valence electrons. The highest BCUT2D eigenvalue weighted by Crippen LogP contribution is 2.34. The minimum absolute atomic E-state index is 0.0195. The number of methoxy groups -OCH3 is 1. The molecule has 1 fully saturated rings. The summed E-state index contributed by atoms with van der Waals surface area (Å²) >= 11 is 0. The molecule has 0 atom stereocenters. The Bertz CT molecular complexity index is 383. The summed E-state index contributed by atoms with van der Waals surface area (Å²) in [6, 6.07) is 7.20. The molecule has 1 aliphatic carbocycles. The number of ether oxygens (including phenoxy) is 1. The van der Waals surface area contributed by atoms with E-state index < -0.39 is 0 Å². The topological polar surface area (TPSA) is 38.3 Å². The summed E-state index contributed by atoms with van der Waals surface area (Å²) < 4.78 is 5.07. The first kappa shape index (κ1) is 10.0. The Balaban J connectivity index is 2.10. The summed E-state index contributed by atoms with van der Waals surface area (Å²) in [4.78, 5) is 11.8. The number of benzene rings is 1. The molecule has 0 radical (unpaired) electrons. The number of carbonyl (C=O) groups is 1. The van der Waals surface area contributed by atoms with Crippen LogP contribution in [-0.4, -0.2) is 18.6 Å². The molecule has 1 aromatic carbocycles. The summed E-state index contributed by atoms with van der Waals surface area (Å²) in [5.41, 5.74) is 0.683. The molecule has 2 rings (SSSR count). The Morgan fingerprint density at radius 3 is 2.80 bits per heavy atom. The lowest BCUT2D eigenvalue weighted by molar-refractivity contribution is 0.0935. The first-order chi connectivity index (χ1) is 7.13. The predicted octanol–water partition coefficient (Wildman–Crippen LogP) is 1.98. The van der Waals surface area contributed by atoms with Crippen molar-refractivity contribution in [1.29, 1.82) is 0 Å². The van der Waals surface area contributed by atoms with Crippen molar-refractivity contribution in [3.8, 4) is 5.75 Å². The van der Waals surface area contributed by atoms with Crippen molar-refractivity contribution in [3.63, 3.8) is 0 Å². The van der Waals surface area contributed by atoms with E-state index in [-0.39, 0.29) is 11.4 Å². The molecule has 1 N–H and O–H groups in total. The Hall–Kier alpha value is -1.51. The van der Waals surface area contributed by atoms with E-state index in [1.807, 2.05) is 12.1 Å². The van der Waals surface area contributed by atoms with Gasteiger partial charge in [0.15, 0.2) is 0 Å². The molecule has 0 saturated heterocycles. The smallest absolute Gasteiger partial charge is 0.251 e. The van der Waals surface area contributed by atoms with Gasteiger partial charge < -0.3 is 10.1 Å². The monoisotopic (exact) mass is 205 g/mol. The standard InChI is InChI=1S/C12H15NO2/c1-12(6-7-12)13-11(14)9-4-3-5-10(8-9)15-2/h3-5,8H,6-7H2,1-2H3,(H,13,14). The first-order valence-electron chi connectivity index (χ1n) is 5.09. The zero-order valence-corrected chi connectivity index (χ0v) is 9.04. The summed E-state index contributed by atoms with van der Waals surface area (Å²) in [7, 11) is 1.60. The lowest BCUT2D eigenvalue weighted by Gasteiger charge is -2.11. The van der Waals surface area contributed by atoms with Crippen LogP contribution in [0.25, 0.3) is 0 Å². The van der Waals surface area contributed by atoms with E-state index in [0.717, 1.165) is 12.8 Å². The minimum atomic E-state index is -0.0195. The molecule has 0 aromatic heterocycles. The molecule has 0 spiro atoms. The van der Waals surface area contributed by atoms with Crippen molar-refractivity contribution in [2.45, 2.75) is 25.3 Å². The molecule has 0 unspecified atom stereocenters. The second kappa shape index (κ2) is 3.57. The zero-order chi connectivity index (χ0) is 10.9. The highest BCUT2D eigenvalue weighted by molar-refractivity contribution is 5.95. The van der Waals surface area contributed by atoms with Crippen LogP contribution in [-0.2, 0) is 0 Å². The second-order valence-electron chi connectivity index (χ2n) is 4.25. The number of nitrogens with one attached hydrogen (secondary N) is 1. The summed E-state index contributed by atoms with van der Waals surface area (Å²) in [6.45, 7) is 2.06. The zero-order valence-electron chi connectivity index (χ0n) is 9.04. The number of rotatable bonds is 3. The maximum absolute atomic E-state index is 11.8. The van der Waals surface area contributed by atoms with E-state index in [1.54, 1.807) is 19.2 Å². The van der Waals surface area contributed by atoms with Gasteiger partial charge in [-0.2, -0.15) is 0 Å². The molecule has 3 heteroatoms. The van der Waals surface area contributed by atoms with E-state index >= 15 is 0 Å². The molecule has 3 nitrogen and oxygen atoms in total. The fourth-order valence-corrected chi connectivity index (χ4v) is 1.42. The van der Waals surface area contributed by atoms with Gasteiger partial charge >= 0.3 is 0 Å². The van der Waals surface area contributed by atoms with Crippen LogP contribution < -0.4 is 10.1 Å². The van der Waals surface area contributed by atoms with Crippen LogP contribution in [0.5, 0.6) is 5.75 Å². The maximum Gasteiger partial charge on any atom is 0.251 e. The number of hydrogen-bond donors (Lipinski definition) is 1. The van der Waals surface area contributed by atoms with Crippen molar-refractivity contribution in [2.75, 3.05) is 7.11 Å². The Morgan fingerprint density at radius 2 is 2.20 bits per heavy atom. The van der Waals surface area contributed by atoms with E-state index in [0.29, 0.717) is 11.3 Å². The van der Waals surface area contributed by atoms with Gasteiger partial charge in [0.2, 0.25) is 0 Å². The van der Waals surface area contributed by atoms with Crippen molar-refractivity contribution in [2.24, 2.45) is 0 Å². The molecule has 0 aliphatic heterocycles. The third kappa shape index (κ3) is 2.29. The average Bonchev–Trinajstić information content (AvgIpc) is 2.96. The van der Waals surface area contributed by atoms with Crippen molar-refractivity contribution in [1.82, 2.24) is 5.32 Å². The lowest BCUT2D eigenvalue weighted by Crippen LogP contribution is -2.34. The van der Waals surface area contributed by atoms with Gasteiger partial charge in [-0.25, -0.2) is 0 Å². The highest BCUT2D eigenvalue weighted by atomic mass is 16.5. The largest absolute Gasteiger partial charge is 0.497 e. The van der Waals surface area contributed by atoms with Crippen LogP contribution in [0.3, 0.4) is 0 Å². The van der Waals surface area contributed by atoms with Crippen LogP contribution >= 0.6 is 0 Å². The molecular formula is C12H15NO2. The van der Waals surface area contributed by atoms with Gasteiger partial charge in [-0.05, 0) is 38.0 Å². The third-order valence-electron chi connectivity index (χ3n) is 2.75.